The van der Waals surface area contributed by atoms with Gasteiger partial charge in [-0.15, -0.1) is 0 Å². The Bertz CT molecular complexity index is 595. The minimum atomic E-state index is 0.0254. The van der Waals surface area contributed by atoms with Gasteiger partial charge < -0.3 is 10.5 Å². The second-order valence-electron chi connectivity index (χ2n) is 4.95. The molecule has 1 unspecified atom stereocenters. The second kappa shape index (κ2) is 6.41. The lowest BCUT2D eigenvalue weighted by atomic mass is 10.0. The molecule has 2 rings (SSSR count). The summed E-state index contributed by atoms with van der Waals surface area (Å²) in [6.45, 7) is 1.99. The maximum atomic E-state index is 6.29. The molecule has 20 heavy (non-hydrogen) atoms. The lowest BCUT2D eigenvalue weighted by Gasteiger charge is -2.14. The van der Waals surface area contributed by atoms with Crippen molar-refractivity contribution in [1.29, 1.82) is 0 Å². The number of aryl methyl sites for hydroxylation is 2. The summed E-state index contributed by atoms with van der Waals surface area (Å²) in [7, 11) is 3.63. The Morgan fingerprint density at radius 2 is 2.05 bits per heavy atom. The molecule has 0 bridgehead atoms. The SMILES string of the molecule is COc1ccccc1CC(N)Cc1c(Br)c(C)nn1C. The quantitative estimate of drug-likeness (QED) is 0.912. The first kappa shape index (κ1) is 15.1. The number of ether oxygens (including phenoxy) is 1. The maximum absolute atomic E-state index is 6.29. The van der Waals surface area contributed by atoms with E-state index in [4.69, 9.17) is 10.5 Å². The highest BCUT2D eigenvalue weighted by Gasteiger charge is 2.15. The zero-order chi connectivity index (χ0) is 14.7. The lowest BCUT2D eigenvalue weighted by molar-refractivity contribution is 0.407. The van der Waals surface area contributed by atoms with Crippen LogP contribution in [0.2, 0.25) is 0 Å². The van der Waals surface area contributed by atoms with Gasteiger partial charge in [0, 0.05) is 19.5 Å². The van der Waals surface area contributed by atoms with E-state index in [0.29, 0.717) is 0 Å². The Morgan fingerprint density at radius 3 is 2.65 bits per heavy atom. The first-order valence-electron chi connectivity index (χ1n) is 6.58. The van der Waals surface area contributed by atoms with E-state index in [0.717, 1.165) is 40.0 Å². The topological polar surface area (TPSA) is 53.1 Å². The van der Waals surface area contributed by atoms with Crippen molar-refractivity contribution in [3.63, 3.8) is 0 Å². The fourth-order valence-corrected chi connectivity index (χ4v) is 2.87. The minimum absolute atomic E-state index is 0.0254. The third-order valence-electron chi connectivity index (χ3n) is 3.39. The third-order valence-corrected chi connectivity index (χ3v) is 4.42. The number of benzene rings is 1. The van der Waals surface area contributed by atoms with Gasteiger partial charge in [0.25, 0.3) is 0 Å². The molecular formula is C15H20BrN3O. The largest absolute Gasteiger partial charge is 0.496 e. The molecule has 2 N–H and O–H groups in total. The molecule has 0 radical (unpaired) electrons. The van der Waals surface area contributed by atoms with Crippen LogP contribution in [0.15, 0.2) is 28.7 Å². The van der Waals surface area contributed by atoms with E-state index in [-0.39, 0.29) is 6.04 Å². The number of halogens is 1. The van der Waals surface area contributed by atoms with Crippen LogP contribution in [-0.4, -0.2) is 22.9 Å². The van der Waals surface area contributed by atoms with Crippen LogP contribution in [0.1, 0.15) is 17.0 Å². The number of nitrogens with zero attached hydrogens (tertiary/aromatic N) is 2. The van der Waals surface area contributed by atoms with E-state index in [2.05, 4.69) is 27.1 Å². The summed E-state index contributed by atoms with van der Waals surface area (Å²) in [4.78, 5) is 0. The van der Waals surface area contributed by atoms with Gasteiger partial charge in [-0.1, -0.05) is 18.2 Å². The van der Waals surface area contributed by atoms with E-state index >= 15 is 0 Å². The van der Waals surface area contributed by atoms with Gasteiger partial charge in [0.2, 0.25) is 0 Å². The molecule has 0 aliphatic heterocycles. The molecule has 4 nitrogen and oxygen atoms in total. The van der Waals surface area contributed by atoms with Crippen molar-refractivity contribution in [2.75, 3.05) is 7.11 Å². The van der Waals surface area contributed by atoms with Crippen molar-refractivity contribution < 1.29 is 4.74 Å². The average molecular weight is 338 g/mol. The number of aromatic nitrogens is 2. The molecule has 2 aromatic rings. The van der Waals surface area contributed by atoms with E-state index in [1.165, 1.54) is 0 Å². The molecule has 1 heterocycles. The zero-order valence-corrected chi connectivity index (χ0v) is 13.6. The van der Waals surface area contributed by atoms with Gasteiger partial charge in [-0.2, -0.15) is 5.10 Å². The Morgan fingerprint density at radius 1 is 1.35 bits per heavy atom. The molecule has 0 saturated heterocycles. The van der Waals surface area contributed by atoms with Crippen molar-refractivity contribution >= 4 is 15.9 Å². The molecule has 0 aliphatic rings. The summed E-state index contributed by atoms with van der Waals surface area (Å²) in [6.07, 6.45) is 1.55. The summed E-state index contributed by atoms with van der Waals surface area (Å²) in [6, 6.07) is 8.02. The summed E-state index contributed by atoms with van der Waals surface area (Å²) >= 11 is 3.58. The molecule has 0 amide bonds. The highest BCUT2D eigenvalue weighted by Crippen LogP contribution is 2.23. The molecule has 5 heteroatoms. The van der Waals surface area contributed by atoms with Crippen LogP contribution in [-0.2, 0) is 19.9 Å². The lowest BCUT2D eigenvalue weighted by Crippen LogP contribution is -2.27. The van der Waals surface area contributed by atoms with E-state index in [9.17, 15) is 0 Å². The summed E-state index contributed by atoms with van der Waals surface area (Å²) in [5.41, 5.74) is 9.55. The molecule has 0 aliphatic carbocycles. The average Bonchev–Trinajstić information content (AvgIpc) is 2.66. The first-order chi connectivity index (χ1) is 9.52. The monoisotopic (exact) mass is 337 g/mol. The fraction of sp³-hybridized carbons (Fsp3) is 0.400. The zero-order valence-electron chi connectivity index (χ0n) is 12.1. The van der Waals surface area contributed by atoms with Crippen LogP contribution in [0.3, 0.4) is 0 Å². The fourth-order valence-electron chi connectivity index (χ4n) is 2.38. The molecule has 1 atom stereocenters. The van der Waals surface area contributed by atoms with Gasteiger partial charge in [0.1, 0.15) is 5.75 Å². The summed E-state index contributed by atoms with van der Waals surface area (Å²) in [5.74, 6) is 0.892. The van der Waals surface area contributed by atoms with Crippen LogP contribution in [0.4, 0.5) is 0 Å². The van der Waals surface area contributed by atoms with Crippen molar-refractivity contribution in [1.82, 2.24) is 9.78 Å². The van der Waals surface area contributed by atoms with Crippen molar-refractivity contribution in [3.05, 3.63) is 45.7 Å². The predicted octanol–water partition coefficient (Wildman–Crippen LogP) is 2.61. The van der Waals surface area contributed by atoms with Gasteiger partial charge in [-0.05, 0) is 40.9 Å². The molecule has 1 aromatic heterocycles. The van der Waals surface area contributed by atoms with Crippen LogP contribution < -0.4 is 10.5 Å². The van der Waals surface area contributed by atoms with Crippen molar-refractivity contribution in [3.8, 4) is 5.75 Å². The second-order valence-corrected chi connectivity index (χ2v) is 5.74. The van der Waals surface area contributed by atoms with Gasteiger partial charge in [-0.3, -0.25) is 4.68 Å². The van der Waals surface area contributed by atoms with Crippen LogP contribution in [0, 0.1) is 6.92 Å². The summed E-state index contributed by atoms with van der Waals surface area (Å²) in [5, 5.41) is 4.39. The predicted molar refractivity (Wildman–Crippen MR) is 84.0 cm³/mol. The third kappa shape index (κ3) is 3.22. The van der Waals surface area contributed by atoms with Gasteiger partial charge >= 0.3 is 0 Å². The molecule has 0 fully saturated rings. The number of hydrogen-bond acceptors (Lipinski definition) is 3. The Kier molecular flexibility index (Phi) is 4.83. The Hall–Kier alpha value is -1.33. The maximum Gasteiger partial charge on any atom is 0.122 e. The van der Waals surface area contributed by atoms with Crippen LogP contribution >= 0.6 is 15.9 Å². The van der Waals surface area contributed by atoms with Crippen LogP contribution in [0.5, 0.6) is 5.75 Å². The van der Waals surface area contributed by atoms with E-state index < -0.39 is 0 Å². The molecule has 108 valence electrons. The summed E-state index contributed by atoms with van der Waals surface area (Å²) < 4.78 is 8.31. The standard InChI is InChI=1S/C15H20BrN3O/c1-10-15(16)13(19(2)18-10)9-12(17)8-11-6-4-5-7-14(11)20-3/h4-7,12H,8-9,17H2,1-3H3. The molecule has 0 saturated carbocycles. The highest BCUT2D eigenvalue weighted by atomic mass is 79.9. The Labute approximate surface area is 128 Å². The van der Waals surface area contributed by atoms with Gasteiger partial charge in [0.05, 0.1) is 23.0 Å². The number of nitrogens with two attached hydrogens (primary N) is 1. The van der Waals surface area contributed by atoms with Gasteiger partial charge in [-0.25, -0.2) is 0 Å². The minimum Gasteiger partial charge on any atom is -0.496 e. The van der Waals surface area contributed by atoms with Crippen LogP contribution in [0.25, 0.3) is 0 Å². The molecule has 0 spiro atoms. The number of methoxy groups -OCH3 is 1. The Balaban J connectivity index is 2.11. The van der Waals surface area contributed by atoms with Gasteiger partial charge in [0.15, 0.2) is 0 Å². The van der Waals surface area contributed by atoms with E-state index in [1.807, 2.05) is 36.9 Å². The van der Waals surface area contributed by atoms with Crippen molar-refractivity contribution in [2.24, 2.45) is 12.8 Å². The molecular weight excluding hydrogens is 318 g/mol. The number of rotatable bonds is 5. The first-order valence-corrected chi connectivity index (χ1v) is 7.37. The molecule has 1 aromatic carbocycles. The number of para-hydroxylation sites is 1. The number of hydrogen-bond donors (Lipinski definition) is 1. The van der Waals surface area contributed by atoms with Crippen molar-refractivity contribution in [2.45, 2.75) is 25.8 Å². The normalized spacial score (nSPS) is 12.4. The smallest absolute Gasteiger partial charge is 0.122 e. The van der Waals surface area contributed by atoms with E-state index in [1.54, 1.807) is 7.11 Å². The highest BCUT2D eigenvalue weighted by molar-refractivity contribution is 9.10.